The zero-order chi connectivity index (χ0) is 9.84. The highest BCUT2D eigenvalue weighted by Gasteiger charge is 2.13. The Labute approximate surface area is 88.5 Å². The summed E-state index contributed by atoms with van der Waals surface area (Å²) < 4.78 is 2.08. The molecule has 0 fully saturated rings. The predicted octanol–water partition coefficient (Wildman–Crippen LogP) is 2.86. The monoisotopic (exact) mass is 244 g/mol. The third-order valence-electron chi connectivity index (χ3n) is 2.48. The van der Waals surface area contributed by atoms with Crippen molar-refractivity contribution in [2.45, 2.75) is 27.3 Å². The summed E-state index contributed by atoms with van der Waals surface area (Å²) >= 11 is 3.55. The van der Waals surface area contributed by atoms with Crippen molar-refractivity contribution in [3.63, 3.8) is 0 Å². The molecule has 3 heteroatoms. The molecule has 1 heterocycles. The summed E-state index contributed by atoms with van der Waals surface area (Å²) in [6, 6.07) is 2.05. The Balaban J connectivity index is 2.62. The fourth-order valence-corrected chi connectivity index (χ4v) is 2.20. The normalized spacial score (nSPS) is 13.6. The number of rotatable bonds is 4. The molecule has 0 spiro atoms. The highest BCUT2D eigenvalue weighted by Crippen LogP contribution is 2.16. The lowest BCUT2D eigenvalue weighted by molar-refractivity contribution is 0.353. The first-order chi connectivity index (χ1) is 6.15. The van der Waals surface area contributed by atoms with Gasteiger partial charge in [-0.05, 0) is 24.8 Å². The van der Waals surface area contributed by atoms with Gasteiger partial charge in [0.25, 0.3) is 0 Å². The van der Waals surface area contributed by atoms with Gasteiger partial charge in [-0.3, -0.25) is 4.68 Å². The minimum Gasteiger partial charge on any atom is -0.270 e. The van der Waals surface area contributed by atoms with Crippen molar-refractivity contribution in [2.24, 2.45) is 11.8 Å². The largest absolute Gasteiger partial charge is 0.270 e. The quantitative estimate of drug-likeness (QED) is 0.746. The maximum Gasteiger partial charge on any atom is 0.0492 e. The summed E-state index contributed by atoms with van der Waals surface area (Å²) in [4.78, 5) is 0. The zero-order valence-corrected chi connectivity index (χ0v) is 10.1. The maximum absolute atomic E-state index is 4.28. The Hall–Kier alpha value is -0.310. The number of hydrogen-bond donors (Lipinski definition) is 0. The van der Waals surface area contributed by atoms with Crippen LogP contribution in [0.25, 0.3) is 0 Å². The van der Waals surface area contributed by atoms with Crippen molar-refractivity contribution in [2.75, 3.05) is 5.33 Å². The Kier molecular flexibility index (Phi) is 3.97. The molecular weight excluding hydrogens is 228 g/mol. The molecule has 2 nitrogen and oxygen atoms in total. The van der Waals surface area contributed by atoms with Crippen LogP contribution in [0, 0.1) is 18.8 Å². The fourth-order valence-electron chi connectivity index (χ4n) is 1.25. The Morgan fingerprint density at radius 1 is 1.54 bits per heavy atom. The van der Waals surface area contributed by atoms with Gasteiger partial charge in [0, 0.05) is 23.8 Å². The van der Waals surface area contributed by atoms with Gasteiger partial charge in [0.15, 0.2) is 0 Å². The second kappa shape index (κ2) is 4.80. The van der Waals surface area contributed by atoms with Crippen LogP contribution in [0.4, 0.5) is 0 Å². The number of alkyl halides is 1. The first-order valence-corrected chi connectivity index (χ1v) is 5.81. The van der Waals surface area contributed by atoms with E-state index in [1.165, 1.54) is 5.69 Å². The van der Waals surface area contributed by atoms with Crippen LogP contribution in [0.3, 0.4) is 0 Å². The van der Waals surface area contributed by atoms with E-state index in [2.05, 4.69) is 46.5 Å². The van der Waals surface area contributed by atoms with Crippen molar-refractivity contribution in [3.05, 3.63) is 18.0 Å². The van der Waals surface area contributed by atoms with Crippen LogP contribution in [-0.4, -0.2) is 15.1 Å². The first-order valence-electron chi connectivity index (χ1n) is 4.69. The SMILES string of the molecule is Cc1ccnn1CC(CBr)C(C)C. The highest BCUT2D eigenvalue weighted by molar-refractivity contribution is 9.09. The molecule has 0 N–H and O–H groups in total. The average molecular weight is 245 g/mol. The van der Waals surface area contributed by atoms with E-state index in [-0.39, 0.29) is 0 Å². The van der Waals surface area contributed by atoms with E-state index < -0.39 is 0 Å². The first kappa shape index (κ1) is 10.8. The molecule has 1 aromatic heterocycles. The van der Waals surface area contributed by atoms with Gasteiger partial charge < -0.3 is 0 Å². The summed E-state index contributed by atoms with van der Waals surface area (Å²) in [5.74, 6) is 1.36. The third kappa shape index (κ3) is 2.83. The molecule has 74 valence electrons. The van der Waals surface area contributed by atoms with Gasteiger partial charge in [-0.15, -0.1) is 0 Å². The van der Waals surface area contributed by atoms with Crippen molar-refractivity contribution >= 4 is 15.9 Å². The van der Waals surface area contributed by atoms with Crippen LogP contribution in [0.5, 0.6) is 0 Å². The predicted molar refractivity (Wildman–Crippen MR) is 59.1 cm³/mol. The fraction of sp³-hybridized carbons (Fsp3) is 0.700. The zero-order valence-electron chi connectivity index (χ0n) is 8.50. The van der Waals surface area contributed by atoms with E-state index >= 15 is 0 Å². The number of halogens is 1. The van der Waals surface area contributed by atoms with Crippen LogP contribution < -0.4 is 0 Å². The molecule has 1 atom stereocenters. The van der Waals surface area contributed by atoms with Gasteiger partial charge in [-0.1, -0.05) is 29.8 Å². The number of aryl methyl sites for hydroxylation is 1. The lowest BCUT2D eigenvalue weighted by atomic mass is 9.98. The summed E-state index contributed by atoms with van der Waals surface area (Å²) in [6.45, 7) is 7.62. The third-order valence-corrected chi connectivity index (χ3v) is 3.31. The Morgan fingerprint density at radius 3 is 2.62 bits per heavy atom. The molecule has 1 unspecified atom stereocenters. The van der Waals surface area contributed by atoms with Crippen LogP contribution in [0.1, 0.15) is 19.5 Å². The molecule has 0 saturated carbocycles. The summed E-state index contributed by atoms with van der Waals surface area (Å²) in [5.41, 5.74) is 1.24. The minimum atomic E-state index is 0.665. The maximum atomic E-state index is 4.28. The minimum absolute atomic E-state index is 0.665. The molecule has 0 aliphatic heterocycles. The van der Waals surface area contributed by atoms with E-state index in [4.69, 9.17) is 0 Å². The van der Waals surface area contributed by atoms with E-state index in [1.807, 2.05) is 12.3 Å². The second-order valence-electron chi connectivity index (χ2n) is 3.81. The van der Waals surface area contributed by atoms with Gasteiger partial charge in [0.1, 0.15) is 0 Å². The molecule has 0 amide bonds. The Bertz CT molecular complexity index is 255. The van der Waals surface area contributed by atoms with Crippen LogP contribution >= 0.6 is 15.9 Å². The molecular formula is C10H17BrN2. The van der Waals surface area contributed by atoms with Crippen LogP contribution in [0.15, 0.2) is 12.3 Å². The van der Waals surface area contributed by atoms with Crippen molar-refractivity contribution in [1.29, 1.82) is 0 Å². The van der Waals surface area contributed by atoms with Crippen molar-refractivity contribution in [1.82, 2.24) is 9.78 Å². The molecule has 0 aromatic carbocycles. The van der Waals surface area contributed by atoms with E-state index in [0.29, 0.717) is 11.8 Å². The molecule has 0 saturated heterocycles. The summed E-state index contributed by atoms with van der Waals surface area (Å²) in [6.07, 6.45) is 1.86. The molecule has 0 radical (unpaired) electrons. The Morgan fingerprint density at radius 2 is 2.23 bits per heavy atom. The molecule has 0 bridgehead atoms. The van der Waals surface area contributed by atoms with Gasteiger partial charge in [-0.25, -0.2) is 0 Å². The van der Waals surface area contributed by atoms with E-state index in [9.17, 15) is 0 Å². The smallest absolute Gasteiger partial charge is 0.0492 e. The topological polar surface area (TPSA) is 17.8 Å². The molecule has 1 aromatic rings. The van der Waals surface area contributed by atoms with Crippen molar-refractivity contribution in [3.8, 4) is 0 Å². The van der Waals surface area contributed by atoms with Crippen LogP contribution in [-0.2, 0) is 6.54 Å². The average Bonchev–Trinajstić information content (AvgIpc) is 2.46. The van der Waals surface area contributed by atoms with E-state index in [1.54, 1.807) is 0 Å². The summed E-state index contributed by atoms with van der Waals surface area (Å²) in [7, 11) is 0. The molecule has 13 heavy (non-hydrogen) atoms. The second-order valence-corrected chi connectivity index (χ2v) is 4.46. The van der Waals surface area contributed by atoms with Gasteiger partial charge in [0.05, 0.1) is 0 Å². The van der Waals surface area contributed by atoms with Crippen LogP contribution in [0.2, 0.25) is 0 Å². The van der Waals surface area contributed by atoms with Gasteiger partial charge in [-0.2, -0.15) is 5.10 Å². The number of aromatic nitrogens is 2. The van der Waals surface area contributed by atoms with Gasteiger partial charge >= 0.3 is 0 Å². The molecule has 0 aliphatic rings. The lowest BCUT2D eigenvalue weighted by Gasteiger charge is -2.18. The standard InChI is InChI=1S/C10H17BrN2/c1-8(2)10(6-11)7-13-9(3)4-5-12-13/h4-5,8,10H,6-7H2,1-3H3. The van der Waals surface area contributed by atoms with Gasteiger partial charge in [0.2, 0.25) is 0 Å². The highest BCUT2D eigenvalue weighted by atomic mass is 79.9. The lowest BCUT2D eigenvalue weighted by Crippen LogP contribution is -2.19. The van der Waals surface area contributed by atoms with E-state index in [0.717, 1.165) is 11.9 Å². The molecule has 0 aliphatic carbocycles. The van der Waals surface area contributed by atoms with Crippen molar-refractivity contribution < 1.29 is 0 Å². The summed E-state index contributed by atoms with van der Waals surface area (Å²) in [5, 5.41) is 5.33. The number of nitrogens with zero attached hydrogens (tertiary/aromatic N) is 2. The molecule has 1 rings (SSSR count). The number of hydrogen-bond acceptors (Lipinski definition) is 1.